The predicted molar refractivity (Wildman–Crippen MR) is 43.4 cm³/mol. The predicted octanol–water partition coefficient (Wildman–Crippen LogP) is 2.89. The molecule has 0 fully saturated rings. The van der Waals surface area contributed by atoms with Gasteiger partial charge in [-0.1, -0.05) is 17.8 Å². The number of hydrogen-bond donors (Lipinski definition) is 0. The van der Waals surface area contributed by atoms with Crippen LogP contribution in [-0.4, -0.2) is 11.0 Å². The summed E-state index contributed by atoms with van der Waals surface area (Å²) in [5, 5.41) is 0. The monoisotopic (exact) mass is 166 g/mol. The summed E-state index contributed by atoms with van der Waals surface area (Å²) in [7, 11) is 0. The maximum absolute atomic E-state index is 5.78. The van der Waals surface area contributed by atoms with Gasteiger partial charge < -0.3 is 0 Å². The number of alkyl halides is 1. The Morgan fingerprint density at radius 2 is 2.75 bits per heavy atom. The minimum atomic E-state index is 0.303. The fraction of sp³-hybridized carbons (Fsp3) is 0.600. The second kappa shape index (κ2) is 3.04. The molecule has 0 spiro atoms. The molecule has 46 valence electrons. The standard InChI is InChI=1S/C5H7ClS2/c1-7-5-3-2-4(6)8-5/h3-4H,2H2,1H3. The summed E-state index contributed by atoms with van der Waals surface area (Å²) in [5.74, 6) is 0. The number of thioether (sulfide) groups is 2. The molecule has 0 aromatic rings. The molecular weight excluding hydrogens is 160 g/mol. The van der Waals surface area contributed by atoms with Gasteiger partial charge in [0.25, 0.3) is 0 Å². The first-order chi connectivity index (χ1) is 3.83. The number of allylic oxidation sites excluding steroid dienone is 1. The van der Waals surface area contributed by atoms with Crippen molar-refractivity contribution < 1.29 is 0 Å². The van der Waals surface area contributed by atoms with Crippen molar-refractivity contribution >= 4 is 35.1 Å². The summed E-state index contributed by atoms with van der Waals surface area (Å²) in [6.07, 6.45) is 5.29. The Morgan fingerprint density at radius 1 is 2.00 bits per heavy atom. The van der Waals surface area contributed by atoms with E-state index in [4.69, 9.17) is 11.6 Å². The summed E-state index contributed by atoms with van der Waals surface area (Å²) in [6, 6.07) is 0. The molecule has 0 N–H and O–H groups in total. The smallest absolute Gasteiger partial charge is 0.0875 e. The molecule has 1 unspecified atom stereocenters. The Balaban J connectivity index is 2.37. The molecule has 0 aliphatic carbocycles. The van der Waals surface area contributed by atoms with Crippen LogP contribution in [0.5, 0.6) is 0 Å². The zero-order valence-electron chi connectivity index (χ0n) is 4.56. The third-order valence-electron chi connectivity index (χ3n) is 0.915. The van der Waals surface area contributed by atoms with Gasteiger partial charge in [0.05, 0.1) is 4.71 Å². The maximum Gasteiger partial charge on any atom is 0.0875 e. The second-order valence-electron chi connectivity index (χ2n) is 1.49. The van der Waals surface area contributed by atoms with E-state index in [9.17, 15) is 0 Å². The first kappa shape index (κ1) is 6.84. The van der Waals surface area contributed by atoms with Gasteiger partial charge in [-0.15, -0.1) is 23.4 Å². The van der Waals surface area contributed by atoms with Gasteiger partial charge in [0.15, 0.2) is 0 Å². The van der Waals surface area contributed by atoms with Gasteiger partial charge in [0.1, 0.15) is 0 Å². The molecule has 1 aliphatic heterocycles. The second-order valence-corrected chi connectivity index (χ2v) is 4.63. The van der Waals surface area contributed by atoms with Crippen LogP contribution in [0.1, 0.15) is 6.42 Å². The highest BCUT2D eigenvalue weighted by molar-refractivity contribution is 8.22. The lowest BCUT2D eigenvalue weighted by Gasteiger charge is -1.95. The number of hydrogen-bond acceptors (Lipinski definition) is 2. The average molecular weight is 167 g/mol. The third kappa shape index (κ3) is 1.61. The molecule has 0 aromatic heterocycles. The van der Waals surface area contributed by atoms with Crippen LogP contribution in [-0.2, 0) is 0 Å². The first-order valence-corrected chi connectivity index (χ1v) is 4.92. The highest BCUT2D eigenvalue weighted by atomic mass is 35.5. The molecule has 0 radical (unpaired) electrons. The van der Waals surface area contributed by atoms with Crippen molar-refractivity contribution in [2.24, 2.45) is 0 Å². The van der Waals surface area contributed by atoms with E-state index in [1.807, 2.05) is 0 Å². The number of rotatable bonds is 1. The van der Waals surface area contributed by atoms with Gasteiger partial charge in [-0.25, -0.2) is 0 Å². The molecule has 0 nitrogen and oxygen atoms in total. The molecule has 8 heavy (non-hydrogen) atoms. The van der Waals surface area contributed by atoms with Crippen LogP contribution in [0.2, 0.25) is 0 Å². The minimum Gasteiger partial charge on any atom is -0.123 e. The molecule has 1 rings (SSSR count). The van der Waals surface area contributed by atoms with Gasteiger partial charge in [0, 0.05) is 4.24 Å². The zero-order chi connectivity index (χ0) is 5.98. The molecule has 0 amide bonds. The average Bonchev–Trinajstić information content (AvgIpc) is 2.14. The maximum atomic E-state index is 5.78. The van der Waals surface area contributed by atoms with Crippen molar-refractivity contribution in [3.8, 4) is 0 Å². The summed E-state index contributed by atoms with van der Waals surface area (Å²) >= 11 is 9.31. The van der Waals surface area contributed by atoms with E-state index in [0.29, 0.717) is 4.71 Å². The Morgan fingerprint density at radius 3 is 3.00 bits per heavy atom. The lowest BCUT2D eigenvalue weighted by atomic mass is 10.5. The Labute approximate surface area is 63.1 Å². The molecule has 0 saturated carbocycles. The lowest BCUT2D eigenvalue weighted by molar-refractivity contribution is 1.20. The highest BCUT2D eigenvalue weighted by Gasteiger charge is 2.12. The Bertz CT molecular complexity index is 111. The fourth-order valence-corrected chi connectivity index (χ4v) is 2.71. The van der Waals surface area contributed by atoms with Gasteiger partial charge in [-0.05, 0) is 12.7 Å². The van der Waals surface area contributed by atoms with Crippen LogP contribution in [0.3, 0.4) is 0 Å². The molecule has 3 heteroatoms. The SMILES string of the molecule is CSC1=CCC(Cl)S1. The van der Waals surface area contributed by atoms with Crippen LogP contribution >= 0.6 is 35.1 Å². The quantitative estimate of drug-likeness (QED) is 0.550. The molecule has 1 aliphatic rings. The van der Waals surface area contributed by atoms with Crippen LogP contribution < -0.4 is 0 Å². The van der Waals surface area contributed by atoms with Crippen molar-refractivity contribution in [1.29, 1.82) is 0 Å². The van der Waals surface area contributed by atoms with E-state index in [0.717, 1.165) is 6.42 Å². The van der Waals surface area contributed by atoms with Crippen LogP contribution in [0.25, 0.3) is 0 Å². The van der Waals surface area contributed by atoms with E-state index in [1.165, 1.54) is 4.24 Å². The van der Waals surface area contributed by atoms with Crippen LogP contribution in [0, 0.1) is 0 Å². The molecule has 0 aromatic carbocycles. The van der Waals surface area contributed by atoms with Gasteiger partial charge in [-0.2, -0.15) is 0 Å². The van der Waals surface area contributed by atoms with E-state index >= 15 is 0 Å². The first-order valence-electron chi connectivity index (χ1n) is 2.38. The summed E-state index contributed by atoms with van der Waals surface area (Å²) in [4.78, 5) is 0. The van der Waals surface area contributed by atoms with Crippen molar-refractivity contribution in [2.75, 3.05) is 6.26 Å². The van der Waals surface area contributed by atoms with E-state index in [2.05, 4.69) is 12.3 Å². The molecule has 0 saturated heterocycles. The summed E-state index contributed by atoms with van der Waals surface area (Å²) < 4.78 is 1.67. The molecule has 0 bridgehead atoms. The van der Waals surface area contributed by atoms with Crippen LogP contribution in [0.4, 0.5) is 0 Å². The number of halogens is 1. The normalized spacial score (nSPS) is 28.2. The highest BCUT2D eigenvalue weighted by Crippen LogP contribution is 2.39. The van der Waals surface area contributed by atoms with Gasteiger partial charge in [0.2, 0.25) is 0 Å². The third-order valence-corrected chi connectivity index (χ3v) is 3.57. The Kier molecular flexibility index (Phi) is 2.60. The van der Waals surface area contributed by atoms with E-state index in [1.54, 1.807) is 23.5 Å². The summed E-state index contributed by atoms with van der Waals surface area (Å²) in [5.41, 5.74) is 0. The van der Waals surface area contributed by atoms with Crippen molar-refractivity contribution in [3.05, 3.63) is 10.3 Å². The largest absolute Gasteiger partial charge is 0.123 e. The Hall–Kier alpha value is 0.730. The lowest BCUT2D eigenvalue weighted by Crippen LogP contribution is -1.77. The van der Waals surface area contributed by atoms with Crippen molar-refractivity contribution in [1.82, 2.24) is 0 Å². The fourth-order valence-electron chi connectivity index (χ4n) is 0.543. The van der Waals surface area contributed by atoms with Crippen molar-refractivity contribution in [2.45, 2.75) is 11.1 Å². The zero-order valence-corrected chi connectivity index (χ0v) is 6.95. The molecule has 1 atom stereocenters. The molecular formula is C5H7ClS2. The van der Waals surface area contributed by atoms with E-state index in [-0.39, 0.29) is 0 Å². The summed E-state index contributed by atoms with van der Waals surface area (Å²) in [6.45, 7) is 0. The molecule has 1 heterocycles. The van der Waals surface area contributed by atoms with Gasteiger partial charge in [-0.3, -0.25) is 0 Å². The van der Waals surface area contributed by atoms with Crippen molar-refractivity contribution in [3.63, 3.8) is 0 Å². The van der Waals surface area contributed by atoms with Gasteiger partial charge >= 0.3 is 0 Å². The topological polar surface area (TPSA) is 0 Å². The minimum absolute atomic E-state index is 0.303. The van der Waals surface area contributed by atoms with Crippen LogP contribution in [0.15, 0.2) is 10.3 Å². The van der Waals surface area contributed by atoms with E-state index < -0.39 is 0 Å².